The molecule has 23 heavy (non-hydrogen) atoms. The lowest BCUT2D eigenvalue weighted by atomic mass is 10.3. The van der Waals surface area contributed by atoms with E-state index in [9.17, 15) is 14.4 Å². The number of ketones is 1. The molecule has 0 fully saturated rings. The van der Waals surface area contributed by atoms with Crippen LogP contribution in [0.2, 0.25) is 0 Å². The zero-order valence-corrected chi connectivity index (χ0v) is 14.6. The van der Waals surface area contributed by atoms with Crippen molar-refractivity contribution in [1.82, 2.24) is 10.3 Å². The van der Waals surface area contributed by atoms with Crippen molar-refractivity contribution in [2.75, 3.05) is 6.61 Å². The van der Waals surface area contributed by atoms with Crippen molar-refractivity contribution in [3.63, 3.8) is 0 Å². The van der Waals surface area contributed by atoms with Gasteiger partial charge in [-0.25, -0.2) is 9.78 Å². The van der Waals surface area contributed by atoms with E-state index in [-0.39, 0.29) is 18.3 Å². The van der Waals surface area contributed by atoms with E-state index in [0.29, 0.717) is 22.0 Å². The van der Waals surface area contributed by atoms with Gasteiger partial charge < -0.3 is 10.1 Å². The van der Waals surface area contributed by atoms with E-state index >= 15 is 0 Å². The first-order chi connectivity index (χ1) is 10.9. The van der Waals surface area contributed by atoms with Crippen LogP contribution in [0.25, 0.3) is 0 Å². The average molecular weight is 352 g/mol. The van der Waals surface area contributed by atoms with Gasteiger partial charge in [-0.05, 0) is 26.0 Å². The van der Waals surface area contributed by atoms with Gasteiger partial charge in [0.2, 0.25) is 11.7 Å². The van der Waals surface area contributed by atoms with Crippen LogP contribution >= 0.6 is 22.7 Å². The van der Waals surface area contributed by atoms with Crippen molar-refractivity contribution in [2.45, 2.75) is 27.3 Å². The Labute approximate surface area is 141 Å². The number of esters is 1. The van der Waals surface area contributed by atoms with Crippen molar-refractivity contribution >= 4 is 40.3 Å². The summed E-state index contributed by atoms with van der Waals surface area (Å²) < 4.78 is 5.06. The molecule has 0 radical (unpaired) electrons. The van der Waals surface area contributed by atoms with E-state index in [0.717, 1.165) is 9.88 Å². The predicted octanol–water partition coefficient (Wildman–Crippen LogP) is 2.50. The number of thiophene rings is 1. The number of ether oxygens (including phenoxy) is 1. The first-order valence-electron chi connectivity index (χ1n) is 6.84. The zero-order valence-electron chi connectivity index (χ0n) is 13.0. The van der Waals surface area contributed by atoms with Gasteiger partial charge in [-0.2, -0.15) is 0 Å². The summed E-state index contributed by atoms with van der Waals surface area (Å²) in [4.78, 5) is 40.8. The maximum absolute atomic E-state index is 12.1. The fourth-order valence-corrected chi connectivity index (χ4v) is 3.51. The van der Waals surface area contributed by atoms with Gasteiger partial charge >= 0.3 is 5.97 Å². The lowest BCUT2D eigenvalue weighted by Gasteiger charge is -2.02. The molecule has 0 aliphatic heterocycles. The monoisotopic (exact) mass is 352 g/mol. The Morgan fingerprint density at radius 2 is 1.96 bits per heavy atom. The van der Waals surface area contributed by atoms with Crippen molar-refractivity contribution in [3.05, 3.63) is 37.5 Å². The number of hydrogen-bond acceptors (Lipinski definition) is 7. The molecule has 0 bridgehead atoms. The van der Waals surface area contributed by atoms with Crippen molar-refractivity contribution < 1.29 is 19.1 Å². The topological polar surface area (TPSA) is 85.4 Å². The smallest absolute Gasteiger partial charge is 0.350 e. The number of aryl methyl sites for hydroxylation is 2. The number of rotatable bonds is 6. The highest BCUT2D eigenvalue weighted by Gasteiger charge is 2.18. The molecule has 0 aliphatic rings. The molecule has 0 aliphatic carbocycles. The molecule has 2 aromatic rings. The van der Waals surface area contributed by atoms with Crippen molar-refractivity contribution in [3.8, 4) is 0 Å². The second-order valence-corrected chi connectivity index (χ2v) is 7.19. The Morgan fingerprint density at radius 3 is 2.57 bits per heavy atom. The van der Waals surface area contributed by atoms with Crippen LogP contribution < -0.4 is 5.32 Å². The standard InChI is InChI=1S/C15H16N2O4S2/c1-8-14(22-10(3)17-8)15(20)21-7-12(19)13-5-4-11(23-13)6-16-9(2)18/h4-5H,6-7H2,1-3H3,(H,16,18). The minimum Gasteiger partial charge on any atom is -0.453 e. The van der Waals surface area contributed by atoms with Crippen LogP contribution in [0.1, 0.15) is 41.8 Å². The maximum atomic E-state index is 12.1. The number of aromatic nitrogens is 1. The molecule has 0 saturated heterocycles. The maximum Gasteiger partial charge on any atom is 0.350 e. The molecule has 2 aromatic heterocycles. The molecule has 122 valence electrons. The summed E-state index contributed by atoms with van der Waals surface area (Å²) in [5.41, 5.74) is 0.610. The van der Waals surface area contributed by atoms with E-state index in [1.165, 1.54) is 29.6 Å². The van der Waals surface area contributed by atoms with Crippen molar-refractivity contribution in [2.24, 2.45) is 0 Å². The van der Waals surface area contributed by atoms with Crippen LogP contribution in [0.5, 0.6) is 0 Å². The summed E-state index contributed by atoms with van der Waals surface area (Å²) in [7, 11) is 0. The quantitative estimate of drug-likeness (QED) is 0.638. The van der Waals surface area contributed by atoms with Crippen LogP contribution in [0.3, 0.4) is 0 Å². The number of nitrogens with one attached hydrogen (secondary N) is 1. The molecule has 2 heterocycles. The van der Waals surface area contributed by atoms with Crippen LogP contribution in [0.15, 0.2) is 12.1 Å². The predicted molar refractivity (Wildman–Crippen MR) is 88.0 cm³/mol. The molecule has 0 aromatic carbocycles. The van der Waals surface area contributed by atoms with Crippen LogP contribution in [-0.2, 0) is 16.1 Å². The highest BCUT2D eigenvalue weighted by atomic mass is 32.1. The second kappa shape index (κ2) is 7.47. The van der Waals surface area contributed by atoms with Gasteiger partial charge in [-0.15, -0.1) is 22.7 Å². The summed E-state index contributed by atoms with van der Waals surface area (Å²) >= 11 is 2.52. The minimum absolute atomic E-state index is 0.129. The molecule has 1 N–H and O–H groups in total. The van der Waals surface area contributed by atoms with Crippen LogP contribution in [-0.4, -0.2) is 29.3 Å². The summed E-state index contributed by atoms with van der Waals surface area (Å²) in [6.07, 6.45) is 0. The zero-order chi connectivity index (χ0) is 17.0. The fourth-order valence-electron chi connectivity index (χ4n) is 1.82. The molecule has 6 nitrogen and oxygen atoms in total. The van der Waals surface area contributed by atoms with E-state index in [4.69, 9.17) is 4.74 Å². The van der Waals surface area contributed by atoms with Gasteiger partial charge in [0.1, 0.15) is 4.88 Å². The summed E-state index contributed by atoms with van der Waals surface area (Å²) in [6, 6.07) is 3.44. The third-order valence-electron chi connectivity index (χ3n) is 2.87. The lowest BCUT2D eigenvalue weighted by molar-refractivity contribution is -0.119. The van der Waals surface area contributed by atoms with Gasteiger partial charge in [0.25, 0.3) is 0 Å². The number of nitrogens with zero attached hydrogens (tertiary/aromatic N) is 1. The highest BCUT2D eigenvalue weighted by molar-refractivity contribution is 7.14. The van der Waals surface area contributed by atoms with Crippen LogP contribution in [0.4, 0.5) is 0 Å². The summed E-state index contributed by atoms with van der Waals surface area (Å²) in [6.45, 7) is 5.04. The SMILES string of the molecule is CC(=O)NCc1ccc(C(=O)COC(=O)c2sc(C)nc2C)s1. The fraction of sp³-hybridized carbons (Fsp3) is 0.333. The summed E-state index contributed by atoms with van der Waals surface area (Å²) in [5, 5.41) is 3.44. The van der Waals surface area contributed by atoms with E-state index < -0.39 is 5.97 Å². The molecular formula is C15H16N2O4S2. The minimum atomic E-state index is -0.531. The van der Waals surface area contributed by atoms with Crippen molar-refractivity contribution in [1.29, 1.82) is 0 Å². The first-order valence-corrected chi connectivity index (χ1v) is 8.47. The Morgan fingerprint density at radius 1 is 1.22 bits per heavy atom. The molecule has 0 spiro atoms. The Hall–Kier alpha value is -2.06. The number of hydrogen-bond donors (Lipinski definition) is 1. The lowest BCUT2D eigenvalue weighted by Crippen LogP contribution is -2.18. The van der Waals surface area contributed by atoms with Gasteiger partial charge in [-0.1, -0.05) is 0 Å². The van der Waals surface area contributed by atoms with Gasteiger partial charge in [-0.3, -0.25) is 9.59 Å². The number of carbonyl (C=O) groups excluding carboxylic acids is 3. The molecule has 1 amide bonds. The molecular weight excluding hydrogens is 336 g/mol. The average Bonchev–Trinajstić information content (AvgIpc) is 3.08. The highest BCUT2D eigenvalue weighted by Crippen LogP contribution is 2.20. The van der Waals surface area contributed by atoms with Gasteiger partial charge in [0.15, 0.2) is 6.61 Å². The summed E-state index contributed by atoms with van der Waals surface area (Å²) in [5.74, 6) is -0.928. The Bertz CT molecular complexity index is 748. The molecule has 0 unspecified atom stereocenters. The third-order valence-corrected chi connectivity index (χ3v) is 5.05. The molecule has 0 saturated carbocycles. The van der Waals surface area contributed by atoms with E-state index in [1.54, 1.807) is 19.1 Å². The third kappa shape index (κ3) is 4.70. The first kappa shape index (κ1) is 17.3. The second-order valence-electron chi connectivity index (χ2n) is 4.82. The number of thiazole rings is 1. The van der Waals surface area contributed by atoms with E-state index in [2.05, 4.69) is 10.3 Å². The van der Waals surface area contributed by atoms with E-state index in [1.807, 2.05) is 6.92 Å². The Balaban J connectivity index is 1.91. The molecule has 2 rings (SSSR count). The molecule has 0 atom stereocenters. The van der Waals surface area contributed by atoms with Gasteiger partial charge in [0.05, 0.1) is 22.1 Å². The molecule has 8 heteroatoms. The number of carbonyl (C=O) groups is 3. The normalized spacial score (nSPS) is 10.4. The largest absolute Gasteiger partial charge is 0.453 e. The Kier molecular flexibility index (Phi) is 5.62. The van der Waals surface area contributed by atoms with Gasteiger partial charge in [0, 0.05) is 11.8 Å². The number of Topliss-reactive ketones (excluding diaryl/α,β-unsaturated/α-hetero) is 1. The number of amides is 1. The van der Waals surface area contributed by atoms with Crippen LogP contribution in [0, 0.1) is 13.8 Å².